The molecule has 2 aliphatic heterocycles. The average molecular weight is 332 g/mol. The van der Waals surface area contributed by atoms with E-state index < -0.39 is 5.97 Å². The minimum Gasteiger partial charge on any atom is -0.480 e. The summed E-state index contributed by atoms with van der Waals surface area (Å²) in [4.78, 5) is 12.9. The Balaban J connectivity index is -0.000000341. The van der Waals surface area contributed by atoms with Crippen LogP contribution in [0, 0.1) is 0 Å². The molecule has 3 atom stereocenters. The van der Waals surface area contributed by atoms with Gasteiger partial charge in [-0.25, -0.2) is 0 Å². The zero-order chi connectivity index (χ0) is 17.5. The van der Waals surface area contributed by atoms with Gasteiger partial charge >= 0.3 is 5.97 Å². The molecular weight excluding hydrogens is 290 g/mol. The van der Waals surface area contributed by atoms with Gasteiger partial charge in [0.15, 0.2) is 0 Å². The van der Waals surface area contributed by atoms with E-state index in [1.54, 1.807) is 0 Å². The summed E-state index contributed by atoms with van der Waals surface area (Å²) in [5.74, 6) is -0.709. The van der Waals surface area contributed by atoms with Crippen molar-refractivity contribution in [3.63, 3.8) is 0 Å². The summed E-state index contributed by atoms with van der Waals surface area (Å²) in [6.07, 6.45) is 7.14. The van der Waals surface area contributed by atoms with Crippen LogP contribution in [-0.2, 0) is 4.79 Å². The molecule has 23 heavy (non-hydrogen) atoms. The maximum Gasteiger partial charge on any atom is 0.320 e. The molecule has 2 fully saturated rings. The summed E-state index contributed by atoms with van der Waals surface area (Å²) < 4.78 is 0. The molecule has 0 aromatic rings. The van der Waals surface area contributed by atoms with Crippen LogP contribution >= 0.6 is 0 Å². The smallest absolute Gasteiger partial charge is 0.320 e. The quantitative estimate of drug-likeness (QED) is 0.719. The fraction of sp³-hybridized carbons (Fsp3) is 0.842. The highest BCUT2D eigenvalue weighted by Crippen LogP contribution is 2.31. The number of hydrogen-bond donors (Lipinski definition) is 2. The van der Waals surface area contributed by atoms with Crippen molar-refractivity contribution >= 4 is 5.97 Å². The van der Waals surface area contributed by atoms with Crippen molar-refractivity contribution in [2.75, 3.05) is 6.54 Å². The second-order valence-corrected chi connectivity index (χ2v) is 5.41. The van der Waals surface area contributed by atoms with E-state index in [9.17, 15) is 9.90 Å². The van der Waals surface area contributed by atoms with Crippen LogP contribution in [0.4, 0.5) is 0 Å². The van der Waals surface area contributed by atoms with Gasteiger partial charge in [-0.1, -0.05) is 54.5 Å². The van der Waals surface area contributed by atoms with Crippen molar-refractivity contribution in [3.05, 3.63) is 12.7 Å². The molecule has 0 saturated carbocycles. The maximum atomic E-state index is 10.8. The lowest BCUT2D eigenvalue weighted by molar-refractivity contribution is -0.143. The minimum absolute atomic E-state index is 0. The Kier molecular flexibility index (Phi) is 20.5. The number of carbonyl (C=O) groups is 1. The van der Waals surface area contributed by atoms with E-state index in [-0.39, 0.29) is 19.6 Å². The van der Waals surface area contributed by atoms with Crippen LogP contribution in [0.15, 0.2) is 12.7 Å². The molecule has 2 rings (SSSR count). The third-order valence-corrected chi connectivity index (χ3v) is 3.48. The van der Waals surface area contributed by atoms with Crippen molar-refractivity contribution in [1.82, 2.24) is 4.90 Å². The molecule has 0 aromatic heterocycles. The third kappa shape index (κ3) is 11.3. The number of carboxylic acids is 1. The lowest BCUT2D eigenvalue weighted by Gasteiger charge is -2.34. The Morgan fingerprint density at radius 2 is 1.70 bits per heavy atom. The first-order valence-corrected chi connectivity index (χ1v) is 8.79. The molecule has 3 unspecified atom stereocenters. The number of aliphatic hydroxyl groups is 1. The van der Waals surface area contributed by atoms with Gasteiger partial charge in [0.05, 0.1) is 6.10 Å². The highest BCUT2D eigenvalue weighted by molar-refractivity contribution is 5.74. The predicted octanol–water partition coefficient (Wildman–Crippen LogP) is 4.72. The molecule has 2 aliphatic rings. The number of nitrogens with zero attached hydrogens (tertiary/aromatic N) is 1. The molecule has 0 amide bonds. The second-order valence-electron chi connectivity index (χ2n) is 5.41. The van der Waals surface area contributed by atoms with E-state index in [1.165, 1.54) is 6.42 Å². The molecule has 0 aromatic carbocycles. The first kappa shape index (κ1) is 27.0. The second kappa shape index (κ2) is 17.5. The van der Waals surface area contributed by atoms with Crippen molar-refractivity contribution in [2.45, 2.75) is 98.8 Å². The monoisotopic (exact) mass is 331 g/mol. The SMILES string of the molecule is C.C=CCC.CC.CCC.O=C(O)C1CCC2CC(O)CCN21. The summed E-state index contributed by atoms with van der Waals surface area (Å²) in [6.45, 7) is 14.5. The zero-order valence-corrected chi connectivity index (χ0v) is 15.2. The Bertz CT molecular complexity index is 282. The molecule has 0 aliphatic carbocycles. The number of allylic oxidation sites excluding steroid dienone is 1. The van der Waals surface area contributed by atoms with Gasteiger partial charge in [0.2, 0.25) is 0 Å². The Hall–Kier alpha value is -0.870. The summed E-state index contributed by atoms with van der Waals surface area (Å²) in [7, 11) is 0. The van der Waals surface area contributed by atoms with Crippen molar-refractivity contribution < 1.29 is 15.0 Å². The van der Waals surface area contributed by atoms with E-state index in [0.29, 0.717) is 6.04 Å². The molecule has 2 saturated heterocycles. The molecule has 0 bridgehead atoms. The normalized spacial score (nSPS) is 24.9. The molecule has 4 heteroatoms. The number of carboxylic acid groups (broad SMARTS) is 1. The minimum atomic E-state index is -0.709. The van der Waals surface area contributed by atoms with E-state index in [2.05, 4.69) is 27.4 Å². The average Bonchev–Trinajstić information content (AvgIpc) is 2.93. The van der Waals surface area contributed by atoms with Gasteiger partial charge in [0, 0.05) is 12.6 Å². The number of aliphatic carboxylic acids is 1. The molecule has 4 nitrogen and oxygen atoms in total. The van der Waals surface area contributed by atoms with Gasteiger partial charge in [-0.3, -0.25) is 9.69 Å². The largest absolute Gasteiger partial charge is 0.480 e. The van der Waals surface area contributed by atoms with Gasteiger partial charge in [0.1, 0.15) is 6.04 Å². The fourth-order valence-corrected chi connectivity index (χ4v) is 2.52. The summed E-state index contributed by atoms with van der Waals surface area (Å²) in [5.41, 5.74) is 0. The molecule has 2 N–H and O–H groups in total. The topological polar surface area (TPSA) is 60.8 Å². The molecular formula is C19H41NO3. The van der Waals surface area contributed by atoms with Gasteiger partial charge in [0.25, 0.3) is 0 Å². The fourth-order valence-electron chi connectivity index (χ4n) is 2.52. The van der Waals surface area contributed by atoms with Crippen molar-refractivity contribution in [3.8, 4) is 0 Å². The lowest BCUT2D eigenvalue weighted by atomic mass is 10.0. The standard InChI is InChI=1S/C9H15NO3.C4H8.C3H8.C2H6.CH4/c11-7-3-4-10-6(5-7)1-2-8(10)9(12)13;1-3-4-2;1-3-2;1-2;/h6-8,11H,1-5H2,(H,12,13);3H,1,4H2,2H3;3H2,1-2H3;1-2H3;1H4. The Labute approximate surface area is 144 Å². The van der Waals surface area contributed by atoms with E-state index in [0.717, 1.165) is 38.6 Å². The molecule has 140 valence electrons. The summed E-state index contributed by atoms with van der Waals surface area (Å²) in [6, 6.07) is 0.0161. The van der Waals surface area contributed by atoms with Gasteiger partial charge < -0.3 is 10.2 Å². The summed E-state index contributed by atoms with van der Waals surface area (Å²) >= 11 is 0. The number of fused-ring (bicyclic) bond motifs is 1. The predicted molar refractivity (Wildman–Crippen MR) is 101 cm³/mol. The Morgan fingerprint density at radius 3 is 2.09 bits per heavy atom. The third-order valence-electron chi connectivity index (χ3n) is 3.48. The Morgan fingerprint density at radius 1 is 1.22 bits per heavy atom. The maximum absolute atomic E-state index is 10.8. The highest BCUT2D eigenvalue weighted by atomic mass is 16.4. The van der Waals surface area contributed by atoms with Crippen LogP contribution in [-0.4, -0.2) is 45.8 Å². The summed E-state index contributed by atoms with van der Waals surface area (Å²) in [5, 5.41) is 18.3. The van der Waals surface area contributed by atoms with E-state index >= 15 is 0 Å². The van der Waals surface area contributed by atoms with Crippen molar-refractivity contribution in [2.24, 2.45) is 0 Å². The van der Waals surface area contributed by atoms with Crippen LogP contribution in [0.5, 0.6) is 0 Å². The lowest BCUT2D eigenvalue weighted by Crippen LogP contribution is -2.46. The van der Waals surface area contributed by atoms with Gasteiger partial charge in [-0.2, -0.15) is 0 Å². The van der Waals surface area contributed by atoms with Crippen molar-refractivity contribution in [1.29, 1.82) is 0 Å². The molecule has 2 heterocycles. The van der Waals surface area contributed by atoms with Crippen LogP contribution in [0.1, 0.15) is 80.6 Å². The molecule has 0 radical (unpaired) electrons. The first-order valence-electron chi connectivity index (χ1n) is 8.79. The van der Waals surface area contributed by atoms with Crippen LogP contribution in [0.25, 0.3) is 0 Å². The molecule has 0 spiro atoms. The van der Waals surface area contributed by atoms with Crippen LogP contribution < -0.4 is 0 Å². The number of rotatable bonds is 2. The van der Waals surface area contributed by atoms with Gasteiger partial charge in [-0.05, 0) is 32.1 Å². The number of hydrogen-bond acceptors (Lipinski definition) is 3. The van der Waals surface area contributed by atoms with E-state index in [4.69, 9.17) is 5.11 Å². The first-order chi connectivity index (χ1) is 10.5. The number of piperidine rings is 1. The number of aliphatic hydroxyl groups excluding tert-OH is 1. The van der Waals surface area contributed by atoms with E-state index in [1.807, 2.05) is 24.8 Å². The van der Waals surface area contributed by atoms with Crippen LogP contribution in [0.3, 0.4) is 0 Å². The zero-order valence-electron chi connectivity index (χ0n) is 15.2. The highest BCUT2D eigenvalue weighted by Gasteiger charge is 2.40. The van der Waals surface area contributed by atoms with Gasteiger partial charge in [-0.15, -0.1) is 6.58 Å². The van der Waals surface area contributed by atoms with Crippen LogP contribution in [0.2, 0.25) is 0 Å².